The number of rotatable bonds is 6. The first-order valence-corrected chi connectivity index (χ1v) is 9.43. The van der Waals surface area contributed by atoms with Gasteiger partial charge in [0.25, 0.3) is 0 Å². The van der Waals surface area contributed by atoms with E-state index in [0.717, 1.165) is 32.6 Å². The lowest BCUT2D eigenvalue weighted by Crippen LogP contribution is -2.44. The third-order valence-corrected chi connectivity index (χ3v) is 5.13. The Morgan fingerprint density at radius 3 is 2.35 bits per heavy atom. The summed E-state index contributed by atoms with van der Waals surface area (Å²) in [5.41, 5.74) is 3.74. The summed E-state index contributed by atoms with van der Waals surface area (Å²) in [4.78, 5) is 19.2. The maximum atomic E-state index is 12.6. The average molecular weight is 351 g/mol. The highest BCUT2D eigenvalue weighted by atomic mass is 16.2. The third-order valence-electron chi connectivity index (χ3n) is 5.13. The molecule has 1 fully saturated rings. The van der Waals surface area contributed by atoms with Crippen molar-refractivity contribution in [1.82, 2.24) is 9.80 Å². The number of carbonyl (C=O) groups is 1. The standard InChI is InChI=1S/C22H29N3O/c1-23-14-16-25(17-15-23)21-11-7-6-10-20(21)12-13-22(26)24(2)18-19-8-4-3-5-9-19/h3-11H,12-18H2,1-2H3. The molecular weight excluding hydrogens is 322 g/mol. The minimum absolute atomic E-state index is 0.196. The van der Waals surface area contributed by atoms with Crippen molar-refractivity contribution in [2.45, 2.75) is 19.4 Å². The first-order valence-electron chi connectivity index (χ1n) is 9.43. The van der Waals surface area contributed by atoms with Gasteiger partial charge in [0.2, 0.25) is 5.91 Å². The van der Waals surface area contributed by atoms with Gasteiger partial charge in [-0.25, -0.2) is 0 Å². The first kappa shape index (κ1) is 18.5. The van der Waals surface area contributed by atoms with Crippen LogP contribution in [-0.4, -0.2) is 56.0 Å². The van der Waals surface area contributed by atoms with Gasteiger partial charge in [-0.2, -0.15) is 0 Å². The van der Waals surface area contributed by atoms with Crippen LogP contribution in [0.15, 0.2) is 54.6 Å². The third kappa shape index (κ3) is 4.85. The molecule has 1 saturated heterocycles. The molecule has 26 heavy (non-hydrogen) atoms. The van der Waals surface area contributed by atoms with Crippen molar-refractivity contribution in [3.63, 3.8) is 0 Å². The largest absolute Gasteiger partial charge is 0.369 e. The molecule has 2 aromatic rings. The summed E-state index contributed by atoms with van der Waals surface area (Å²) in [6.45, 7) is 4.95. The number of hydrogen-bond donors (Lipinski definition) is 0. The lowest BCUT2D eigenvalue weighted by atomic mass is 10.1. The number of benzene rings is 2. The van der Waals surface area contributed by atoms with Crippen LogP contribution in [-0.2, 0) is 17.8 Å². The number of anilines is 1. The molecule has 0 bridgehead atoms. The smallest absolute Gasteiger partial charge is 0.222 e. The van der Waals surface area contributed by atoms with E-state index in [1.54, 1.807) is 0 Å². The lowest BCUT2D eigenvalue weighted by molar-refractivity contribution is -0.130. The predicted octanol–water partition coefficient (Wildman–Crippen LogP) is 3.03. The Morgan fingerprint density at radius 2 is 1.62 bits per heavy atom. The number of para-hydroxylation sites is 1. The van der Waals surface area contributed by atoms with Crippen LogP contribution in [0.25, 0.3) is 0 Å². The van der Waals surface area contributed by atoms with E-state index in [0.29, 0.717) is 13.0 Å². The summed E-state index contributed by atoms with van der Waals surface area (Å²) in [6.07, 6.45) is 1.34. The second-order valence-electron chi connectivity index (χ2n) is 7.15. The first-order chi connectivity index (χ1) is 12.6. The fraction of sp³-hybridized carbons (Fsp3) is 0.409. The Labute approximate surface area is 157 Å². The number of likely N-dealkylation sites (N-methyl/N-ethyl adjacent to an activating group) is 1. The van der Waals surface area contributed by atoms with E-state index in [2.05, 4.69) is 53.2 Å². The van der Waals surface area contributed by atoms with Gasteiger partial charge in [-0.3, -0.25) is 4.79 Å². The summed E-state index contributed by atoms with van der Waals surface area (Å²) in [6, 6.07) is 18.7. The van der Waals surface area contributed by atoms with E-state index in [1.165, 1.54) is 16.8 Å². The van der Waals surface area contributed by atoms with E-state index in [-0.39, 0.29) is 5.91 Å². The van der Waals surface area contributed by atoms with Crippen LogP contribution in [0.1, 0.15) is 17.5 Å². The molecule has 138 valence electrons. The molecular formula is C22H29N3O. The lowest BCUT2D eigenvalue weighted by Gasteiger charge is -2.35. The number of amides is 1. The van der Waals surface area contributed by atoms with Gasteiger partial charge in [0, 0.05) is 51.9 Å². The van der Waals surface area contributed by atoms with E-state index in [1.807, 2.05) is 30.1 Å². The molecule has 0 radical (unpaired) electrons. The van der Waals surface area contributed by atoms with Crippen LogP contribution in [0.5, 0.6) is 0 Å². The van der Waals surface area contributed by atoms with Gasteiger partial charge in [0.05, 0.1) is 0 Å². The number of nitrogens with zero attached hydrogens (tertiary/aromatic N) is 3. The Morgan fingerprint density at radius 1 is 0.962 bits per heavy atom. The number of hydrogen-bond acceptors (Lipinski definition) is 3. The molecule has 0 N–H and O–H groups in total. The van der Waals surface area contributed by atoms with Gasteiger partial charge in [0.1, 0.15) is 0 Å². The van der Waals surface area contributed by atoms with E-state index in [9.17, 15) is 4.79 Å². The molecule has 2 aromatic carbocycles. The Hall–Kier alpha value is -2.33. The van der Waals surface area contributed by atoms with Crippen LogP contribution in [0.2, 0.25) is 0 Å². The number of aryl methyl sites for hydroxylation is 1. The Bertz CT molecular complexity index is 708. The summed E-state index contributed by atoms with van der Waals surface area (Å²) in [7, 11) is 4.06. The quantitative estimate of drug-likeness (QED) is 0.800. The molecule has 0 aliphatic carbocycles. The molecule has 0 atom stereocenters. The molecule has 0 spiro atoms. The summed E-state index contributed by atoms with van der Waals surface area (Å²) < 4.78 is 0. The zero-order valence-electron chi connectivity index (χ0n) is 15.9. The normalized spacial score (nSPS) is 15.1. The van der Waals surface area contributed by atoms with Gasteiger partial charge < -0.3 is 14.7 Å². The van der Waals surface area contributed by atoms with Crippen molar-refractivity contribution in [3.05, 3.63) is 65.7 Å². The van der Waals surface area contributed by atoms with Gasteiger partial charge in [-0.15, -0.1) is 0 Å². The van der Waals surface area contributed by atoms with Crippen molar-refractivity contribution in [2.24, 2.45) is 0 Å². The Kier molecular flexibility index (Phi) is 6.29. The van der Waals surface area contributed by atoms with E-state index >= 15 is 0 Å². The maximum absolute atomic E-state index is 12.6. The summed E-state index contributed by atoms with van der Waals surface area (Å²) in [5.74, 6) is 0.196. The zero-order chi connectivity index (χ0) is 18.4. The minimum atomic E-state index is 0.196. The summed E-state index contributed by atoms with van der Waals surface area (Å²) >= 11 is 0. The van der Waals surface area contributed by atoms with Gasteiger partial charge >= 0.3 is 0 Å². The van der Waals surface area contributed by atoms with E-state index in [4.69, 9.17) is 0 Å². The zero-order valence-corrected chi connectivity index (χ0v) is 15.9. The van der Waals surface area contributed by atoms with Gasteiger partial charge in [-0.1, -0.05) is 48.5 Å². The highest BCUT2D eigenvalue weighted by molar-refractivity contribution is 5.76. The van der Waals surface area contributed by atoms with Crippen molar-refractivity contribution in [2.75, 3.05) is 45.2 Å². The number of piperazine rings is 1. The van der Waals surface area contributed by atoms with Gasteiger partial charge in [-0.05, 0) is 30.7 Å². The van der Waals surface area contributed by atoms with Crippen LogP contribution in [0.3, 0.4) is 0 Å². The van der Waals surface area contributed by atoms with Crippen LogP contribution in [0.4, 0.5) is 5.69 Å². The molecule has 4 heteroatoms. The highest BCUT2D eigenvalue weighted by Gasteiger charge is 2.17. The van der Waals surface area contributed by atoms with Gasteiger partial charge in [0.15, 0.2) is 0 Å². The van der Waals surface area contributed by atoms with Crippen molar-refractivity contribution in [1.29, 1.82) is 0 Å². The van der Waals surface area contributed by atoms with Crippen LogP contribution >= 0.6 is 0 Å². The molecule has 1 aliphatic heterocycles. The monoisotopic (exact) mass is 351 g/mol. The molecule has 0 aromatic heterocycles. The molecule has 0 unspecified atom stereocenters. The van der Waals surface area contributed by atoms with E-state index < -0.39 is 0 Å². The second-order valence-corrected chi connectivity index (χ2v) is 7.15. The topological polar surface area (TPSA) is 26.8 Å². The van der Waals surface area contributed by atoms with Crippen LogP contribution in [0, 0.1) is 0 Å². The fourth-order valence-corrected chi connectivity index (χ4v) is 3.46. The van der Waals surface area contributed by atoms with Crippen molar-refractivity contribution in [3.8, 4) is 0 Å². The Balaban J connectivity index is 1.58. The molecule has 3 rings (SSSR count). The summed E-state index contributed by atoms with van der Waals surface area (Å²) in [5, 5.41) is 0. The predicted molar refractivity (Wildman–Crippen MR) is 107 cm³/mol. The molecule has 1 amide bonds. The maximum Gasteiger partial charge on any atom is 0.222 e. The fourth-order valence-electron chi connectivity index (χ4n) is 3.46. The van der Waals surface area contributed by atoms with Crippen molar-refractivity contribution < 1.29 is 4.79 Å². The average Bonchev–Trinajstić information content (AvgIpc) is 2.68. The molecule has 1 aliphatic rings. The molecule has 4 nitrogen and oxygen atoms in total. The SMILES string of the molecule is CN1CCN(c2ccccc2CCC(=O)N(C)Cc2ccccc2)CC1. The van der Waals surface area contributed by atoms with Crippen LogP contribution < -0.4 is 4.90 Å². The molecule has 1 heterocycles. The second kappa shape index (κ2) is 8.86. The van der Waals surface area contributed by atoms with Crippen molar-refractivity contribution >= 4 is 11.6 Å². The minimum Gasteiger partial charge on any atom is -0.369 e. The highest BCUT2D eigenvalue weighted by Crippen LogP contribution is 2.23. The molecule has 0 saturated carbocycles. The number of carbonyl (C=O) groups excluding carboxylic acids is 1.